The lowest BCUT2D eigenvalue weighted by atomic mass is 9.72. The van der Waals surface area contributed by atoms with Crippen LogP contribution in [0.1, 0.15) is 38.2 Å². The number of likely N-dealkylation sites (tertiary alicyclic amines) is 1. The number of benzene rings is 1. The average molecular weight is 410 g/mol. The second kappa shape index (κ2) is 11.0. The molecule has 0 unspecified atom stereocenters. The van der Waals surface area contributed by atoms with Crippen molar-refractivity contribution in [2.75, 3.05) is 32.8 Å². The van der Waals surface area contributed by atoms with Crippen molar-refractivity contribution in [3.05, 3.63) is 35.9 Å². The summed E-state index contributed by atoms with van der Waals surface area (Å²) in [7, 11) is 0. The van der Waals surface area contributed by atoms with Gasteiger partial charge in [-0.15, -0.1) is 0 Å². The lowest BCUT2D eigenvalue weighted by Crippen LogP contribution is -2.50. The fourth-order valence-corrected chi connectivity index (χ4v) is 3.66. The van der Waals surface area contributed by atoms with Crippen LogP contribution in [0.15, 0.2) is 30.3 Å². The molecule has 30 heavy (non-hydrogen) atoms. The molecule has 0 radical (unpaired) electrons. The molecule has 1 aliphatic rings. The number of esters is 1. The maximum atomic E-state index is 13.2. The van der Waals surface area contributed by atoms with Gasteiger partial charge in [0.1, 0.15) is 0 Å². The van der Waals surface area contributed by atoms with E-state index in [4.69, 9.17) is 15.3 Å². The third kappa shape index (κ3) is 5.57. The number of hydrogen-bond acceptors (Lipinski definition) is 6. The number of rotatable bonds is 8. The van der Waals surface area contributed by atoms with Gasteiger partial charge >= 0.3 is 5.97 Å². The number of carbonyl (C=O) groups is 3. The maximum Gasteiger partial charge on any atom is 0.317 e. The highest BCUT2D eigenvalue weighted by atomic mass is 16.5. The van der Waals surface area contributed by atoms with Crippen molar-refractivity contribution < 1.29 is 19.1 Å². The number of carbonyl (C=O) groups excluding carboxylic acids is 3. The van der Waals surface area contributed by atoms with Crippen LogP contribution in [0.2, 0.25) is 0 Å². The van der Waals surface area contributed by atoms with Gasteiger partial charge in [-0.25, -0.2) is 0 Å². The molecule has 0 atom stereocenters. The summed E-state index contributed by atoms with van der Waals surface area (Å²) in [5, 5.41) is 17.5. The monoisotopic (exact) mass is 410 g/mol. The minimum absolute atomic E-state index is 0.0363. The highest BCUT2D eigenvalue weighted by Gasteiger charge is 2.45. The van der Waals surface area contributed by atoms with Crippen LogP contribution in [0.25, 0.3) is 0 Å². The van der Waals surface area contributed by atoms with Crippen LogP contribution in [-0.2, 0) is 24.5 Å². The molecule has 0 aliphatic carbocycles. The number of piperidine rings is 1. The standard InChI is InChI=1S/C22H26N4O4/c1-18(27)25-15-9-22(10-16-25,19-7-3-2-4-8-19)21(29)30-17-20(28)26(13-5-11-23)14-6-12-24/h2-4,7-8H,5-6,9-10,13-17H2,1H3. The summed E-state index contributed by atoms with van der Waals surface area (Å²) in [5.41, 5.74) is -0.117. The third-order valence-electron chi connectivity index (χ3n) is 5.45. The minimum Gasteiger partial charge on any atom is -0.455 e. The predicted octanol–water partition coefficient (Wildman–Crippen LogP) is 1.77. The fourth-order valence-electron chi connectivity index (χ4n) is 3.66. The Morgan fingerprint density at radius 3 is 2.13 bits per heavy atom. The zero-order chi connectivity index (χ0) is 22.0. The van der Waals surface area contributed by atoms with Gasteiger partial charge in [0.15, 0.2) is 6.61 Å². The van der Waals surface area contributed by atoms with Crippen LogP contribution < -0.4 is 0 Å². The number of ether oxygens (including phenoxy) is 1. The van der Waals surface area contributed by atoms with Crippen LogP contribution in [0.3, 0.4) is 0 Å². The quantitative estimate of drug-likeness (QED) is 0.603. The molecule has 0 N–H and O–H groups in total. The minimum atomic E-state index is -0.919. The van der Waals surface area contributed by atoms with Crippen LogP contribution in [0, 0.1) is 22.7 Å². The lowest BCUT2D eigenvalue weighted by molar-refractivity contribution is -0.159. The van der Waals surface area contributed by atoms with E-state index in [1.54, 1.807) is 4.90 Å². The van der Waals surface area contributed by atoms with Gasteiger partial charge in [0, 0.05) is 33.1 Å². The topological polar surface area (TPSA) is 114 Å². The number of nitrogens with zero attached hydrogens (tertiary/aromatic N) is 4. The molecule has 0 saturated carbocycles. The Hall–Kier alpha value is -3.39. The highest BCUT2D eigenvalue weighted by Crippen LogP contribution is 2.37. The second-order valence-electron chi connectivity index (χ2n) is 7.23. The Labute approximate surface area is 176 Å². The van der Waals surface area contributed by atoms with Crippen molar-refractivity contribution >= 4 is 17.8 Å². The van der Waals surface area contributed by atoms with Gasteiger partial charge in [-0.1, -0.05) is 30.3 Å². The van der Waals surface area contributed by atoms with E-state index in [1.807, 2.05) is 42.5 Å². The number of hydrogen-bond donors (Lipinski definition) is 0. The van der Waals surface area contributed by atoms with Gasteiger partial charge in [-0.3, -0.25) is 14.4 Å². The molecule has 158 valence electrons. The van der Waals surface area contributed by atoms with Crippen molar-refractivity contribution in [3.63, 3.8) is 0 Å². The summed E-state index contributed by atoms with van der Waals surface area (Å²) >= 11 is 0. The SMILES string of the molecule is CC(=O)N1CCC(C(=O)OCC(=O)N(CCC#N)CCC#N)(c2ccccc2)CC1. The van der Waals surface area contributed by atoms with Crippen LogP contribution >= 0.6 is 0 Å². The van der Waals surface area contributed by atoms with E-state index in [0.717, 1.165) is 5.56 Å². The summed E-state index contributed by atoms with van der Waals surface area (Å²) in [6.45, 7) is 2.30. The smallest absolute Gasteiger partial charge is 0.317 e. The van der Waals surface area contributed by atoms with Crippen molar-refractivity contribution in [2.24, 2.45) is 0 Å². The van der Waals surface area contributed by atoms with Crippen LogP contribution in [0.4, 0.5) is 0 Å². The van der Waals surface area contributed by atoms with Gasteiger partial charge in [0.25, 0.3) is 5.91 Å². The molecule has 1 aliphatic heterocycles. The highest BCUT2D eigenvalue weighted by molar-refractivity contribution is 5.87. The molecule has 2 rings (SSSR count). The Kier molecular flexibility index (Phi) is 8.37. The first-order valence-corrected chi connectivity index (χ1v) is 9.94. The molecule has 2 amide bonds. The summed E-state index contributed by atoms with van der Waals surface area (Å²) in [6, 6.07) is 13.2. The van der Waals surface area contributed by atoms with E-state index < -0.39 is 23.9 Å². The van der Waals surface area contributed by atoms with E-state index in [9.17, 15) is 14.4 Å². The van der Waals surface area contributed by atoms with Gasteiger partial charge in [-0.05, 0) is 18.4 Å². The van der Waals surface area contributed by atoms with Crippen molar-refractivity contribution in [1.29, 1.82) is 10.5 Å². The Morgan fingerprint density at radius 1 is 1.07 bits per heavy atom. The predicted molar refractivity (Wildman–Crippen MR) is 108 cm³/mol. The van der Waals surface area contributed by atoms with Crippen LogP contribution in [0.5, 0.6) is 0 Å². The van der Waals surface area contributed by atoms with Gasteiger partial charge in [-0.2, -0.15) is 10.5 Å². The van der Waals surface area contributed by atoms with Gasteiger partial charge in [0.2, 0.25) is 5.91 Å². The zero-order valence-corrected chi connectivity index (χ0v) is 17.2. The largest absolute Gasteiger partial charge is 0.455 e. The van der Waals surface area contributed by atoms with E-state index in [-0.39, 0.29) is 31.8 Å². The first-order valence-electron chi connectivity index (χ1n) is 9.94. The molecule has 1 aromatic carbocycles. The van der Waals surface area contributed by atoms with E-state index >= 15 is 0 Å². The fraction of sp³-hybridized carbons (Fsp3) is 0.500. The first kappa shape index (κ1) is 22.9. The van der Waals surface area contributed by atoms with E-state index in [2.05, 4.69) is 0 Å². The van der Waals surface area contributed by atoms with Crippen molar-refractivity contribution in [3.8, 4) is 12.1 Å². The molecule has 8 nitrogen and oxygen atoms in total. The molecule has 0 aromatic heterocycles. The van der Waals surface area contributed by atoms with Gasteiger partial charge in [0.05, 0.1) is 30.4 Å². The summed E-state index contributed by atoms with van der Waals surface area (Å²) in [4.78, 5) is 40.4. The second-order valence-corrected chi connectivity index (χ2v) is 7.23. The molecular formula is C22H26N4O4. The molecular weight excluding hydrogens is 384 g/mol. The molecule has 1 aromatic rings. The molecule has 1 heterocycles. The number of nitriles is 2. The average Bonchev–Trinajstić information content (AvgIpc) is 2.77. The Balaban J connectivity index is 2.11. The van der Waals surface area contributed by atoms with Crippen LogP contribution in [-0.4, -0.2) is 60.4 Å². The molecule has 1 fully saturated rings. The summed E-state index contributed by atoms with van der Waals surface area (Å²) < 4.78 is 5.44. The lowest BCUT2D eigenvalue weighted by Gasteiger charge is -2.40. The summed E-state index contributed by atoms with van der Waals surface area (Å²) in [5.74, 6) is -0.963. The Bertz CT molecular complexity index is 815. The molecule has 1 saturated heterocycles. The van der Waals surface area contributed by atoms with E-state index in [1.165, 1.54) is 11.8 Å². The van der Waals surface area contributed by atoms with E-state index in [0.29, 0.717) is 25.9 Å². The maximum absolute atomic E-state index is 13.2. The molecule has 0 spiro atoms. The van der Waals surface area contributed by atoms with Crippen molar-refractivity contribution in [2.45, 2.75) is 38.0 Å². The zero-order valence-electron chi connectivity index (χ0n) is 17.2. The normalized spacial score (nSPS) is 14.8. The van der Waals surface area contributed by atoms with Crippen molar-refractivity contribution in [1.82, 2.24) is 9.80 Å². The first-order chi connectivity index (χ1) is 14.4. The summed E-state index contributed by atoms with van der Waals surface area (Å²) in [6.07, 6.45) is 1.10. The molecule has 8 heteroatoms. The third-order valence-corrected chi connectivity index (χ3v) is 5.45. The number of amides is 2. The molecule has 0 bridgehead atoms. The Morgan fingerprint density at radius 2 is 1.63 bits per heavy atom. The van der Waals surface area contributed by atoms with Gasteiger partial charge < -0.3 is 14.5 Å².